The number of nitrogens with zero attached hydrogens (tertiary/aromatic N) is 4. The quantitative estimate of drug-likeness (QED) is 0.400. The van der Waals surface area contributed by atoms with E-state index in [1.54, 1.807) is 6.07 Å². The highest BCUT2D eigenvalue weighted by Gasteiger charge is 2.26. The van der Waals surface area contributed by atoms with Crippen molar-refractivity contribution in [3.05, 3.63) is 51.8 Å². The number of benzene rings is 1. The average Bonchev–Trinajstić information content (AvgIpc) is 3.19. The molecular weight excluding hydrogens is 472 g/mol. The predicted molar refractivity (Wildman–Crippen MR) is 114 cm³/mol. The Kier molecular flexibility index (Phi) is 7.39. The Hall–Kier alpha value is -0.990. The van der Waals surface area contributed by atoms with Crippen molar-refractivity contribution in [1.29, 1.82) is 0 Å². The van der Waals surface area contributed by atoms with Crippen molar-refractivity contribution in [3.63, 3.8) is 0 Å². The number of hydrogen-bond donors (Lipinski definition) is 1. The van der Waals surface area contributed by atoms with Crippen LogP contribution in [0, 0.1) is 0 Å². The number of guanidine groups is 1. The van der Waals surface area contributed by atoms with Crippen LogP contribution in [0.5, 0.6) is 0 Å². The fourth-order valence-corrected chi connectivity index (χ4v) is 3.52. The van der Waals surface area contributed by atoms with Crippen LogP contribution < -0.4 is 5.32 Å². The second-order valence-electron chi connectivity index (χ2n) is 6.02. The number of likely N-dealkylation sites (tertiary alicyclic amines) is 1. The van der Waals surface area contributed by atoms with Crippen LogP contribution in [0.2, 0.25) is 10.0 Å². The number of aliphatic imine (C=N–C) groups is 1. The first-order valence-corrected chi connectivity index (χ1v) is 8.70. The molecule has 25 heavy (non-hydrogen) atoms. The fraction of sp³-hybridized carbons (Fsp3) is 0.412. The molecule has 1 unspecified atom stereocenters. The zero-order chi connectivity index (χ0) is 17.1. The Balaban J connectivity index is 0.00000225. The van der Waals surface area contributed by atoms with Crippen LogP contribution in [0.4, 0.5) is 0 Å². The van der Waals surface area contributed by atoms with Crippen LogP contribution in [0.15, 0.2) is 35.6 Å². The summed E-state index contributed by atoms with van der Waals surface area (Å²) >= 11 is 12.2. The third-order valence-electron chi connectivity index (χ3n) is 4.35. The number of aromatic nitrogens is 2. The molecule has 1 aromatic carbocycles. The van der Waals surface area contributed by atoms with Gasteiger partial charge in [0, 0.05) is 55.9 Å². The summed E-state index contributed by atoms with van der Waals surface area (Å²) in [5.41, 5.74) is 2.29. The minimum Gasteiger partial charge on any atom is -0.352 e. The Morgan fingerprint density at radius 2 is 2.20 bits per heavy atom. The highest BCUT2D eigenvalue weighted by molar-refractivity contribution is 14.0. The molecule has 8 heteroatoms. The van der Waals surface area contributed by atoms with Gasteiger partial charge in [0.2, 0.25) is 0 Å². The maximum Gasteiger partial charge on any atom is 0.193 e. The molecule has 0 saturated carbocycles. The predicted octanol–water partition coefficient (Wildman–Crippen LogP) is 3.91. The molecule has 0 amide bonds. The molecule has 1 aromatic heterocycles. The van der Waals surface area contributed by atoms with Gasteiger partial charge >= 0.3 is 0 Å². The van der Waals surface area contributed by atoms with Crippen molar-refractivity contribution in [2.75, 3.05) is 20.1 Å². The maximum absolute atomic E-state index is 6.23. The number of hydrogen-bond acceptors (Lipinski definition) is 2. The summed E-state index contributed by atoms with van der Waals surface area (Å²) in [7, 11) is 3.76. The van der Waals surface area contributed by atoms with Crippen LogP contribution in [-0.2, 0) is 13.6 Å². The molecule has 0 spiro atoms. The lowest BCUT2D eigenvalue weighted by atomic mass is 10.0. The Morgan fingerprint density at radius 1 is 1.40 bits per heavy atom. The first-order valence-electron chi connectivity index (χ1n) is 7.95. The zero-order valence-corrected chi connectivity index (χ0v) is 18.1. The van der Waals surface area contributed by atoms with Crippen molar-refractivity contribution < 1.29 is 0 Å². The minimum absolute atomic E-state index is 0. The van der Waals surface area contributed by atoms with E-state index in [2.05, 4.69) is 26.5 Å². The molecular formula is C17H22Cl2IN5. The van der Waals surface area contributed by atoms with E-state index in [0.29, 0.717) is 22.5 Å². The van der Waals surface area contributed by atoms with E-state index >= 15 is 0 Å². The number of aryl methyl sites for hydroxylation is 1. The molecule has 0 aliphatic carbocycles. The number of rotatable bonds is 3. The lowest BCUT2D eigenvalue weighted by molar-refractivity contribution is 0.486. The van der Waals surface area contributed by atoms with Crippen molar-refractivity contribution in [2.24, 2.45) is 12.0 Å². The molecule has 1 saturated heterocycles. The summed E-state index contributed by atoms with van der Waals surface area (Å²) < 4.78 is 1.85. The summed E-state index contributed by atoms with van der Waals surface area (Å²) in [6.07, 6.45) is 5.16. The van der Waals surface area contributed by atoms with E-state index in [1.165, 1.54) is 5.56 Å². The van der Waals surface area contributed by atoms with Crippen molar-refractivity contribution in [2.45, 2.75) is 18.9 Å². The van der Waals surface area contributed by atoms with Gasteiger partial charge in [-0.25, -0.2) is 0 Å². The molecule has 1 atom stereocenters. The molecule has 0 radical (unpaired) electrons. The third kappa shape index (κ3) is 5.01. The van der Waals surface area contributed by atoms with E-state index in [-0.39, 0.29) is 24.0 Å². The van der Waals surface area contributed by atoms with Crippen LogP contribution in [0.25, 0.3) is 0 Å². The molecule has 1 aliphatic heterocycles. The van der Waals surface area contributed by atoms with Crippen LogP contribution >= 0.6 is 47.2 Å². The Bertz CT molecular complexity index is 746. The minimum atomic E-state index is 0. The molecule has 1 N–H and O–H groups in total. The van der Waals surface area contributed by atoms with E-state index in [4.69, 9.17) is 23.2 Å². The van der Waals surface area contributed by atoms with Gasteiger partial charge in [-0.05, 0) is 29.7 Å². The van der Waals surface area contributed by atoms with Crippen molar-refractivity contribution >= 4 is 53.1 Å². The maximum atomic E-state index is 6.23. The molecule has 3 rings (SSSR count). The summed E-state index contributed by atoms with van der Waals surface area (Å²) in [4.78, 5) is 6.69. The standard InChI is InChI=1S/C17H21Cl2N5.HI/c1-20-17(21-8-12-3-4-15(18)7-16(12)19)24-6-5-13(11-24)14-9-22-23(2)10-14;/h3-4,7,9-10,13H,5-6,8,11H2,1-2H3,(H,20,21);1H. The lowest BCUT2D eigenvalue weighted by Gasteiger charge is -2.22. The SMILES string of the molecule is CN=C(NCc1ccc(Cl)cc1Cl)N1CCC(c2cnn(C)c2)C1.I. The van der Waals surface area contributed by atoms with E-state index in [9.17, 15) is 0 Å². The topological polar surface area (TPSA) is 45.5 Å². The monoisotopic (exact) mass is 493 g/mol. The van der Waals surface area contributed by atoms with Gasteiger partial charge in [0.05, 0.1) is 6.20 Å². The van der Waals surface area contributed by atoms with Crippen molar-refractivity contribution in [1.82, 2.24) is 20.0 Å². The molecule has 1 fully saturated rings. The normalized spacial score (nSPS) is 17.5. The van der Waals surface area contributed by atoms with Gasteiger partial charge in [-0.2, -0.15) is 5.10 Å². The molecule has 2 aromatic rings. The number of halogens is 3. The highest BCUT2D eigenvalue weighted by atomic mass is 127. The highest BCUT2D eigenvalue weighted by Crippen LogP contribution is 2.27. The molecule has 0 bridgehead atoms. The second-order valence-corrected chi connectivity index (χ2v) is 6.86. The largest absolute Gasteiger partial charge is 0.352 e. The lowest BCUT2D eigenvalue weighted by Crippen LogP contribution is -2.39. The first kappa shape index (κ1) is 20.3. The summed E-state index contributed by atoms with van der Waals surface area (Å²) in [5, 5.41) is 8.98. The first-order chi connectivity index (χ1) is 11.6. The van der Waals surface area contributed by atoms with Gasteiger partial charge in [0.1, 0.15) is 0 Å². The van der Waals surface area contributed by atoms with Crippen LogP contribution in [0.1, 0.15) is 23.5 Å². The summed E-state index contributed by atoms with van der Waals surface area (Å²) in [6, 6.07) is 5.55. The van der Waals surface area contributed by atoms with Gasteiger partial charge in [-0.3, -0.25) is 9.67 Å². The zero-order valence-electron chi connectivity index (χ0n) is 14.2. The second kappa shape index (κ2) is 9.09. The van der Waals surface area contributed by atoms with E-state index < -0.39 is 0 Å². The van der Waals surface area contributed by atoms with Gasteiger partial charge in [0.15, 0.2) is 5.96 Å². The van der Waals surface area contributed by atoms with Crippen LogP contribution in [0.3, 0.4) is 0 Å². The van der Waals surface area contributed by atoms with E-state index in [1.807, 2.05) is 37.1 Å². The fourth-order valence-electron chi connectivity index (χ4n) is 3.05. The smallest absolute Gasteiger partial charge is 0.193 e. The van der Waals surface area contributed by atoms with Gasteiger partial charge < -0.3 is 10.2 Å². The van der Waals surface area contributed by atoms with E-state index in [0.717, 1.165) is 31.0 Å². The molecule has 5 nitrogen and oxygen atoms in total. The van der Waals surface area contributed by atoms with Gasteiger partial charge in [0.25, 0.3) is 0 Å². The van der Waals surface area contributed by atoms with Gasteiger partial charge in [-0.15, -0.1) is 24.0 Å². The summed E-state index contributed by atoms with van der Waals surface area (Å²) in [5.74, 6) is 1.39. The Labute approximate surface area is 175 Å². The van der Waals surface area contributed by atoms with Crippen molar-refractivity contribution in [3.8, 4) is 0 Å². The third-order valence-corrected chi connectivity index (χ3v) is 4.93. The average molecular weight is 494 g/mol. The number of nitrogens with one attached hydrogen (secondary N) is 1. The molecule has 1 aliphatic rings. The Morgan fingerprint density at radius 3 is 2.84 bits per heavy atom. The molecule has 2 heterocycles. The van der Waals surface area contributed by atoms with Crippen LogP contribution in [-0.4, -0.2) is 40.8 Å². The summed E-state index contributed by atoms with van der Waals surface area (Å²) in [6.45, 7) is 2.55. The molecule has 136 valence electrons. The van der Waals surface area contributed by atoms with Gasteiger partial charge in [-0.1, -0.05) is 29.3 Å².